The van der Waals surface area contributed by atoms with Gasteiger partial charge >= 0.3 is 0 Å². The van der Waals surface area contributed by atoms with Crippen molar-refractivity contribution in [2.45, 2.75) is 24.5 Å². The van der Waals surface area contributed by atoms with Crippen LogP contribution in [0.3, 0.4) is 0 Å². The van der Waals surface area contributed by atoms with E-state index in [-0.39, 0.29) is 23.1 Å². The number of aromatic amines is 1. The largest absolute Gasteiger partial charge is 0.485 e. The highest BCUT2D eigenvalue weighted by Crippen LogP contribution is 2.42. The van der Waals surface area contributed by atoms with Crippen LogP contribution in [0.4, 0.5) is 0 Å². The molecule has 2 atom stereocenters. The Morgan fingerprint density at radius 3 is 2.96 bits per heavy atom. The molecule has 1 aromatic carbocycles. The third-order valence-electron chi connectivity index (χ3n) is 4.74. The summed E-state index contributed by atoms with van der Waals surface area (Å²) < 4.78 is 6.25. The molecule has 2 aliphatic rings. The molecular weight excluding hydrogens is 306 g/mol. The highest BCUT2D eigenvalue weighted by Gasteiger charge is 2.43. The first kappa shape index (κ1) is 15.0. The zero-order valence-corrected chi connectivity index (χ0v) is 13.2. The normalized spacial score (nSPS) is 25.1. The summed E-state index contributed by atoms with van der Waals surface area (Å²) in [6.07, 6.45) is 3.11. The molecule has 124 valence electrons. The van der Waals surface area contributed by atoms with Crippen LogP contribution in [0.15, 0.2) is 47.4 Å². The maximum Gasteiger partial charge on any atom is 0.252 e. The van der Waals surface area contributed by atoms with Crippen LogP contribution in [-0.4, -0.2) is 29.6 Å². The van der Waals surface area contributed by atoms with Crippen molar-refractivity contribution in [1.29, 1.82) is 0 Å². The maximum absolute atomic E-state index is 12.6. The highest BCUT2D eigenvalue weighted by atomic mass is 16.5. The van der Waals surface area contributed by atoms with Crippen LogP contribution in [-0.2, 0) is 0 Å². The van der Waals surface area contributed by atoms with E-state index in [0.717, 1.165) is 30.8 Å². The van der Waals surface area contributed by atoms with E-state index >= 15 is 0 Å². The van der Waals surface area contributed by atoms with Gasteiger partial charge in [-0.05, 0) is 18.7 Å². The van der Waals surface area contributed by atoms with Crippen LogP contribution in [0.5, 0.6) is 5.75 Å². The van der Waals surface area contributed by atoms with Crippen LogP contribution in [0.25, 0.3) is 0 Å². The predicted octanol–water partition coefficient (Wildman–Crippen LogP) is 1.36. The van der Waals surface area contributed by atoms with Crippen molar-refractivity contribution in [3.8, 4) is 5.75 Å². The standard InChI is InChI=1S/C18H19N3O3/c22-16-9-12(5-7-20-16)17(23)21-14-10-18(6-8-19-11-18)24-15-4-2-1-3-13(14)15/h1-5,7,9,14,19H,6,8,10-11H2,(H,20,22)(H,21,23). The monoisotopic (exact) mass is 325 g/mol. The molecule has 1 aromatic heterocycles. The molecule has 1 amide bonds. The van der Waals surface area contributed by atoms with Crippen molar-refractivity contribution >= 4 is 5.91 Å². The summed E-state index contributed by atoms with van der Waals surface area (Å²) in [5.41, 5.74) is 0.779. The van der Waals surface area contributed by atoms with E-state index in [1.807, 2.05) is 24.3 Å². The van der Waals surface area contributed by atoms with E-state index in [1.54, 1.807) is 6.07 Å². The molecule has 2 aromatic rings. The number of hydrogen-bond acceptors (Lipinski definition) is 4. The lowest BCUT2D eigenvalue weighted by molar-refractivity contribution is 0.0474. The van der Waals surface area contributed by atoms with Crippen LogP contribution < -0.4 is 20.9 Å². The van der Waals surface area contributed by atoms with E-state index in [0.29, 0.717) is 12.0 Å². The molecule has 2 aliphatic heterocycles. The molecule has 0 saturated carbocycles. The van der Waals surface area contributed by atoms with Crippen molar-refractivity contribution in [1.82, 2.24) is 15.6 Å². The van der Waals surface area contributed by atoms with Gasteiger partial charge in [0, 0.05) is 42.8 Å². The van der Waals surface area contributed by atoms with Gasteiger partial charge in [-0.25, -0.2) is 0 Å². The summed E-state index contributed by atoms with van der Waals surface area (Å²) in [5.74, 6) is 0.576. The van der Waals surface area contributed by atoms with E-state index in [1.165, 1.54) is 12.3 Å². The number of carbonyl (C=O) groups is 1. The number of hydrogen-bond donors (Lipinski definition) is 3. The zero-order chi connectivity index (χ0) is 16.6. The molecular formula is C18H19N3O3. The lowest BCUT2D eigenvalue weighted by Crippen LogP contribution is -2.46. The number of carbonyl (C=O) groups excluding carboxylic acids is 1. The van der Waals surface area contributed by atoms with Gasteiger partial charge in [-0.1, -0.05) is 18.2 Å². The number of para-hydroxylation sites is 1. The fourth-order valence-corrected chi connectivity index (χ4v) is 3.56. The van der Waals surface area contributed by atoms with Crippen LogP contribution in [0.1, 0.15) is 34.8 Å². The van der Waals surface area contributed by atoms with E-state index < -0.39 is 0 Å². The molecule has 3 N–H and O–H groups in total. The second-order valence-corrected chi connectivity index (χ2v) is 6.42. The Balaban J connectivity index is 1.63. The molecule has 3 heterocycles. The Labute approximate surface area is 139 Å². The van der Waals surface area contributed by atoms with Crippen molar-refractivity contribution < 1.29 is 9.53 Å². The van der Waals surface area contributed by atoms with E-state index in [4.69, 9.17) is 4.74 Å². The average Bonchev–Trinajstić information content (AvgIpc) is 3.02. The number of benzene rings is 1. The van der Waals surface area contributed by atoms with Gasteiger partial charge < -0.3 is 20.4 Å². The Morgan fingerprint density at radius 2 is 2.17 bits per heavy atom. The van der Waals surface area contributed by atoms with Gasteiger partial charge in [0.05, 0.1) is 6.04 Å². The molecule has 0 radical (unpaired) electrons. The summed E-state index contributed by atoms with van der Waals surface area (Å²) in [4.78, 5) is 26.5. The smallest absolute Gasteiger partial charge is 0.252 e. The molecule has 0 bridgehead atoms. The first-order valence-electron chi connectivity index (χ1n) is 8.14. The third-order valence-corrected chi connectivity index (χ3v) is 4.74. The topological polar surface area (TPSA) is 83.2 Å². The molecule has 1 saturated heterocycles. The first-order valence-corrected chi connectivity index (χ1v) is 8.14. The zero-order valence-electron chi connectivity index (χ0n) is 13.2. The Hall–Kier alpha value is -2.60. The summed E-state index contributed by atoms with van der Waals surface area (Å²) in [6.45, 7) is 1.69. The van der Waals surface area contributed by atoms with Crippen molar-refractivity contribution in [3.05, 3.63) is 64.1 Å². The molecule has 4 rings (SSSR count). The Bertz CT molecular complexity index is 824. The number of pyridine rings is 1. The minimum atomic E-state index is -0.286. The number of ether oxygens (including phenoxy) is 1. The lowest BCUT2D eigenvalue weighted by atomic mass is 9.86. The molecule has 1 fully saturated rings. The number of H-pyrrole nitrogens is 1. The van der Waals surface area contributed by atoms with Gasteiger partial charge in [0.15, 0.2) is 0 Å². The van der Waals surface area contributed by atoms with Gasteiger partial charge in [0.1, 0.15) is 11.4 Å². The number of amides is 1. The summed E-state index contributed by atoms with van der Waals surface area (Å²) in [7, 11) is 0. The van der Waals surface area contributed by atoms with Crippen molar-refractivity contribution in [3.63, 3.8) is 0 Å². The minimum absolute atomic E-state index is 0.137. The highest BCUT2D eigenvalue weighted by molar-refractivity contribution is 5.94. The first-order chi connectivity index (χ1) is 11.7. The summed E-state index contributed by atoms with van der Waals surface area (Å²) >= 11 is 0. The maximum atomic E-state index is 12.6. The molecule has 6 nitrogen and oxygen atoms in total. The molecule has 0 aliphatic carbocycles. The van der Waals surface area contributed by atoms with Gasteiger partial charge in [-0.15, -0.1) is 0 Å². The molecule has 2 unspecified atom stereocenters. The van der Waals surface area contributed by atoms with Crippen LogP contribution >= 0.6 is 0 Å². The number of rotatable bonds is 2. The molecule has 6 heteroatoms. The van der Waals surface area contributed by atoms with E-state index in [2.05, 4.69) is 15.6 Å². The molecule has 24 heavy (non-hydrogen) atoms. The van der Waals surface area contributed by atoms with Gasteiger partial charge in [-0.3, -0.25) is 9.59 Å². The Morgan fingerprint density at radius 1 is 1.29 bits per heavy atom. The number of nitrogens with one attached hydrogen (secondary N) is 3. The van der Waals surface area contributed by atoms with Crippen molar-refractivity contribution in [2.24, 2.45) is 0 Å². The van der Waals surface area contributed by atoms with Crippen LogP contribution in [0.2, 0.25) is 0 Å². The summed E-state index contributed by atoms with van der Waals surface area (Å²) in [6, 6.07) is 10.6. The van der Waals surface area contributed by atoms with E-state index in [9.17, 15) is 9.59 Å². The fourth-order valence-electron chi connectivity index (χ4n) is 3.56. The second-order valence-electron chi connectivity index (χ2n) is 6.42. The van der Waals surface area contributed by atoms with Gasteiger partial charge in [0.2, 0.25) is 5.56 Å². The predicted molar refractivity (Wildman–Crippen MR) is 89.2 cm³/mol. The van der Waals surface area contributed by atoms with Crippen molar-refractivity contribution in [2.75, 3.05) is 13.1 Å². The lowest BCUT2D eigenvalue weighted by Gasteiger charge is -2.39. The summed E-state index contributed by atoms with van der Waals surface area (Å²) in [5, 5.41) is 6.41. The second kappa shape index (κ2) is 5.79. The average molecular weight is 325 g/mol. The number of aromatic nitrogens is 1. The quantitative estimate of drug-likeness (QED) is 0.778. The molecule has 1 spiro atoms. The minimum Gasteiger partial charge on any atom is -0.485 e. The van der Waals surface area contributed by atoms with Crippen LogP contribution in [0, 0.1) is 0 Å². The van der Waals surface area contributed by atoms with Gasteiger partial charge in [0.25, 0.3) is 5.91 Å². The Kier molecular flexibility index (Phi) is 3.61. The third kappa shape index (κ3) is 2.69. The SMILES string of the molecule is O=C(NC1CC2(CCNC2)Oc2ccccc21)c1cc[nH]c(=O)c1. The fraction of sp³-hybridized carbons (Fsp3) is 0.333. The number of fused-ring (bicyclic) bond motifs is 1. The van der Waals surface area contributed by atoms with Gasteiger partial charge in [-0.2, -0.15) is 0 Å².